The molecule has 5 rings (SSSR count). The molecule has 9 heteroatoms. The van der Waals surface area contributed by atoms with E-state index in [2.05, 4.69) is 15.7 Å². The van der Waals surface area contributed by atoms with Crippen LogP contribution < -0.4 is 21.1 Å². The molecular weight excluding hydrogens is 422 g/mol. The van der Waals surface area contributed by atoms with Crippen molar-refractivity contribution < 1.29 is 19.4 Å². The summed E-state index contributed by atoms with van der Waals surface area (Å²) in [5.74, 6) is 1.66. The first-order chi connectivity index (χ1) is 15.4. The summed E-state index contributed by atoms with van der Waals surface area (Å²) in [6.45, 7) is 8.12. The number of carbonyl (C=O) groups is 2. The van der Waals surface area contributed by atoms with E-state index >= 15 is 0 Å². The summed E-state index contributed by atoms with van der Waals surface area (Å²) in [5.41, 5.74) is 4.40. The average Bonchev–Trinajstić information content (AvgIpc) is 3.08. The molecule has 33 heavy (non-hydrogen) atoms. The maximum Gasteiger partial charge on any atom is 0.312 e. The highest BCUT2D eigenvalue weighted by atomic mass is 16.5. The third-order valence-corrected chi connectivity index (χ3v) is 7.16. The Morgan fingerprint density at radius 3 is 2.58 bits per heavy atom. The van der Waals surface area contributed by atoms with Crippen LogP contribution in [0.1, 0.15) is 70.2 Å². The third kappa shape index (κ3) is 5.18. The Bertz CT molecular complexity index is 921. The maximum atomic E-state index is 13.3. The third-order valence-electron chi connectivity index (χ3n) is 7.16. The Labute approximate surface area is 195 Å². The Hall–Kier alpha value is -2.55. The first-order valence-corrected chi connectivity index (χ1v) is 12.0. The van der Waals surface area contributed by atoms with Crippen LogP contribution in [0, 0.1) is 23.7 Å². The lowest BCUT2D eigenvalue weighted by molar-refractivity contribution is -0.136. The second-order valence-electron chi connectivity index (χ2n) is 11.2. The van der Waals surface area contributed by atoms with E-state index in [1.165, 1.54) is 10.9 Å². The molecule has 0 radical (unpaired) electrons. The van der Waals surface area contributed by atoms with E-state index in [0.29, 0.717) is 35.8 Å². The van der Waals surface area contributed by atoms with E-state index in [4.69, 9.17) is 10.5 Å². The minimum absolute atomic E-state index is 0.0739. The number of nitrogens with one attached hydrogen (secondary N) is 2. The monoisotopic (exact) mass is 459 g/mol. The van der Waals surface area contributed by atoms with Gasteiger partial charge in [-0.1, -0.05) is 13.8 Å². The molecule has 5 N–H and O–H groups in total. The van der Waals surface area contributed by atoms with Crippen molar-refractivity contribution >= 4 is 18.1 Å². The molecule has 1 aromatic rings. The first-order valence-electron chi connectivity index (χ1n) is 12.0. The Morgan fingerprint density at radius 1 is 1.33 bits per heavy atom. The van der Waals surface area contributed by atoms with Gasteiger partial charge in [0.25, 0.3) is 5.91 Å². The van der Waals surface area contributed by atoms with E-state index in [9.17, 15) is 14.7 Å². The van der Waals surface area contributed by atoms with E-state index in [1.54, 1.807) is 26.1 Å². The van der Waals surface area contributed by atoms with Crippen LogP contribution in [0.15, 0.2) is 12.3 Å². The van der Waals surface area contributed by atoms with Gasteiger partial charge in [-0.15, -0.1) is 0 Å². The molecule has 9 nitrogen and oxygen atoms in total. The number of amides is 3. The molecule has 0 aromatic carbocycles. The highest BCUT2D eigenvalue weighted by Crippen LogP contribution is 2.55. The van der Waals surface area contributed by atoms with Crippen molar-refractivity contribution in [1.29, 1.82) is 0 Å². The molecular formula is C24H37N5O4. The normalized spacial score (nSPS) is 30.7. The van der Waals surface area contributed by atoms with Crippen LogP contribution in [0.25, 0.3) is 6.20 Å². The number of carbonyl (C=O) groups excluding carboxylic acids is 2. The summed E-state index contributed by atoms with van der Waals surface area (Å²) in [6.07, 6.45) is 9.53. The van der Waals surface area contributed by atoms with Crippen molar-refractivity contribution in [2.24, 2.45) is 29.4 Å². The smallest absolute Gasteiger partial charge is 0.312 e. The van der Waals surface area contributed by atoms with Gasteiger partial charge >= 0.3 is 6.03 Å². The Kier molecular flexibility index (Phi) is 6.20. The van der Waals surface area contributed by atoms with Crippen molar-refractivity contribution in [3.8, 4) is 5.88 Å². The summed E-state index contributed by atoms with van der Waals surface area (Å²) < 4.78 is 7.51. The predicted octanol–water partition coefficient (Wildman–Crippen LogP) is 2.50. The number of nitrogens with two attached hydrogens (primary N) is 1. The molecule has 0 saturated heterocycles. The lowest BCUT2D eigenvalue weighted by Gasteiger charge is -2.58. The highest BCUT2D eigenvalue weighted by Gasteiger charge is 2.55. The number of ether oxygens (including phenoxy) is 1. The molecule has 1 heterocycles. The van der Waals surface area contributed by atoms with Crippen molar-refractivity contribution in [1.82, 2.24) is 20.4 Å². The van der Waals surface area contributed by atoms with Crippen molar-refractivity contribution in [3.63, 3.8) is 0 Å². The van der Waals surface area contributed by atoms with Gasteiger partial charge in [0.2, 0.25) is 5.88 Å². The van der Waals surface area contributed by atoms with Crippen molar-refractivity contribution in [2.45, 2.75) is 77.0 Å². The van der Waals surface area contributed by atoms with E-state index in [-0.39, 0.29) is 17.9 Å². The van der Waals surface area contributed by atoms with Crippen LogP contribution in [-0.2, 0) is 0 Å². The maximum absolute atomic E-state index is 13.3. The van der Waals surface area contributed by atoms with Crippen LogP contribution in [0.2, 0.25) is 0 Å². The fraction of sp³-hybridized carbons (Fsp3) is 0.708. The lowest BCUT2D eigenvalue weighted by atomic mass is 9.52. The quantitative estimate of drug-likeness (QED) is 0.474. The Balaban J connectivity index is 1.53. The zero-order chi connectivity index (χ0) is 24.0. The van der Waals surface area contributed by atoms with Gasteiger partial charge in [0, 0.05) is 12.2 Å². The summed E-state index contributed by atoms with van der Waals surface area (Å²) in [6, 6.07) is -0.549. The number of hydrogen-bond donors (Lipinski definition) is 4. The van der Waals surface area contributed by atoms with Crippen LogP contribution in [0.5, 0.6) is 5.88 Å². The predicted molar refractivity (Wildman–Crippen MR) is 124 cm³/mol. The van der Waals surface area contributed by atoms with Gasteiger partial charge in [-0.25, -0.2) is 9.48 Å². The fourth-order valence-corrected chi connectivity index (χ4v) is 6.06. The number of urea groups is 1. The molecule has 2 atom stereocenters. The van der Waals surface area contributed by atoms with E-state index < -0.39 is 17.2 Å². The number of hydrogen-bond acceptors (Lipinski definition) is 5. The van der Waals surface area contributed by atoms with Gasteiger partial charge in [-0.2, -0.15) is 5.10 Å². The molecule has 4 bridgehead atoms. The second-order valence-corrected chi connectivity index (χ2v) is 11.2. The van der Waals surface area contributed by atoms with Gasteiger partial charge in [0.15, 0.2) is 0 Å². The van der Waals surface area contributed by atoms with Crippen LogP contribution >= 0.6 is 0 Å². The number of rotatable bonds is 8. The zero-order valence-corrected chi connectivity index (χ0v) is 20.0. The van der Waals surface area contributed by atoms with Crippen LogP contribution in [0.3, 0.4) is 0 Å². The summed E-state index contributed by atoms with van der Waals surface area (Å²) in [5, 5.41) is 21.1. The minimum Gasteiger partial charge on any atom is -0.477 e. The molecule has 3 amide bonds. The molecule has 4 aliphatic carbocycles. The van der Waals surface area contributed by atoms with Gasteiger partial charge < -0.3 is 26.2 Å². The number of primary amides is 1. The van der Waals surface area contributed by atoms with Crippen molar-refractivity contribution in [2.75, 3.05) is 6.61 Å². The van der Waals surface area contributed by atoms with E-state index in [0.717, 1.165) is 32.1 Å². The molecule has 1 aromatic heterocycles. The first kappa shape index (κ1) is 23.6. The van der Waals surface area contributed by atoms with Crippen LogP contribution in [-0.4, -0.2) is 50.6 Å². The number of nitrogens with zero attached hydrogens (tertiary/aromatic N) is 2. The molecule has 0 spiro atoms. The van der Waals surface area contributed by atoms with Crippen molar-refractivity contribution in [3.05, 3.63) is 17.8 Å². The average molecular weight is 460 g/mol. The summed E-state index contributed by atoms with van der Waals surface area (Å²) in [4.78, 5) is 24.6. The number of aromatic nitrogens is 2. The largest absolute Gasteiger partial charge is 0.477 e. The standard InChI is InChI=1S/C24H37N5O4/c1-14(2)13-33-21-18(12-26-29(21)6-5-23(3,4)28-22(25)31)20(30)27-19-16-7-15-8-17(19)11-24(32,9-15)10-16/h5-6,12,14-17,19,32H,7-11,13H2,1-4H3,(H,27,30)(H3,25,28,31)/b6-5+/t15?,16?,17?,19-,24-. The summed E-state index contributed by atoms with van der Waals surface area (Å²) in [7, 11) is 0. The van der Waals surface area contributed by atoms with Crippen LogP contribution in [0.4, 0.5) is 4.79 Å². The molecule has 4 fully saturated rings. The minimum atomic E-state index is -0.698. The topological polar surface area (TPSA) is 132 Å². The van der Waals surface area contributed by atoms with Gasteiger partial charge in [0.05, 0.1) is 23.9 Å². The van der Waals surface area contributed by atoms with Gasteiger partial charge in [0.1, 0.15) is 5.56 Å². The zero-order valence-electron chi connectivity index (χ0n) is 20.0. The Morgan fingerprint density at radius 2 is 2.00 bits per heavy atom. The van der Waals surface area contributed by atoms with Gasteiger partial charge in [-0.05, 0) is 75.7 Å². The number of aliphatic hydroxyl groups is 1. The van der Waals surface area contributed by atoms with E-state index in [1.807, 2.05) is 13.8 Å². The SMILES string of the molecule is CC(C)COc1c(C(=O)N[C@H]2C3CC4CC2C[C@](O)(C4)C3)cnn1/C=C/C(C)(C)NC(N)=O. The summed E-state index contributed by atoms with van der Waals surface area (Å²) >= 11 is 0. The fourth-order valence-electron chi connectivity index (χ4n) is 6.06. The van der Waals surface area contributed by atoms with Gasteiger partial charge in [-0.3, -0.25) is 4.79 Å². The molecule has 4 aliphatic rings. The molecule has 4 saturated carbocycles. The molecule has 0 aliphatic heterocycles. The molecule has 2 unspecified atom stereocenters. The highest BCUT2D eigenvalue weighted by molar-refractivity contribution is 5.96. The molecule has 182 valence electrons. The second kappa shape index (κ2) is 8.66. The lowest BCUT2D eigenvalue weighted by Crippen LogP contribution is -2.61.